The van der Waals surface area contributed by atoms with Crippen LogP contribution in [0, 0.1) is 5.92 Å². The molecule has 3 aromatic heterocycles. The minimum Gasteiger partial charge on any atom is -0.242 e. The van der Waals surface area contributed by atoms with Gasteiger partial charge >= 0.3 is 0 Å². The Kier molecular flexibility index (Phi) is 5.02. The third kappa shape index (κ3) is 3.27. The standard InChI is InChI=1S/C21H25N3S2/c1-12(2)9-16-14-7-5-6-8-15(14)17-18-19(26-20(17)24-16)21(23-11-22-18)25-10-13(3)4/h11-12H,3,5-10H2,1-2,4H3. The molecule has 136 valence electrons. The molecule has 0 aliphatic heterocycles. The van der Waals surface area contributed by atoms with Crippen molar-refractivity contribution in [1.29, 1.82) is 0 Å². The van der Waals surface area contributed by atoms with Gasteiger partial charge in [-0.1, -0.05) is 26.0 Å². The van der Waals surface area contributed by atoms with E-state index in [1.807, 2.05) is 0 Å². The van der Waals surface area contributed by atoms with Gasteiger partial charge in [-0.3, -0.25) is 0 Å². The molecule has 0 amide bonds. The van der Waals surface area contributed by atoms with Crippen LogP contribution in [0.3, 0.4) is 0 Å². The molecule has 0 saturated heterocycles. The Bertz CT molecular complexity index is 988. The molecule has 3 nitrogen and oxygen atoms in total. The maximum atomic E-state index is 5.13. The van der Waals surface area contributed by atoms with Gasteiger partial charge in [0.25, 0.3) is 0 Å². The van der Waals surface area contributed by atoms with Gasteiger partial charge in [0.2, 0.25) is 0 Å². The lowest BCUT2D eigenvalue weighted by Gasteiger charge is -2.20. The molecule has 0 aromatic carbocycles. The molecular weight excluding hydrogens is 358 g/mol. The Hall–Kier alpha value is -1.46. The molecule has 3 aromatic rings. The van der Waals surface area contributed by atoms with Gasteiger partial charge in [0, 0.05) is 16.8 Å². The second-order valence-corrected chi connectivity index (χ2v) is 9.67. The minimum absolute atomic E-state index is 0.627. The van der Waals surface area contributed by atoms with E-state index in [1.54, 1.807) is 29.4 Å². The monoisotopic (exact) mass is 383 g/mol. The predicted molar refractivity (Wildman–Crippen MR) is 113 cm³/mol. The van der Waals surface area contributed by atoms with E-state index < -0.39 is 0 Å². The zero-order chi connectivity index (χ0) is 18.3. The first kappa shape index (κ1) is 17.9. The van der Waals surface area contributed by atoms with Crippen LogP contribution in [0.25, 0.3) is 20.4 Å². The van der Waals surface area contributed by atoms with E-state index in [1.165, 1.54) is 46.2 Å². The molecule has 0 saturated carbocycles. The molecule has 1 aliphatic rings. The molecule has 0 spiro atoms. The summed E-state index contributed by atoms with van der Waals surface area (Å²) in [6.07, 6.45) is 7.65. The molecule has 0 unspecified atom stereocenters. The first-order valence-corrected chi connectivity index (χ1v) is 11.2. The number of thioether (sulfide) groups is 1. The lowest BCUT2D eigenvalue weighted by molar-refractivity contribution is 0.615. The Balaban J connectivity index is 1.94. The summed E-state index contributed by atoms with van der Waals surface area (Å²) in [7, 11) is 0. The van der Waals surface area contributed by atoms with Gasteiger partial charge in [-0.15, -0.1) is 23.1 Å². The van der Waals surface area contributed by atoms with E-state index in [9.17, 15) is 0 Å². The van der Waals surface area contributed by atoms with Crippen molar-refractivity contribution in [3.8, 4) is 0 Å². The number of hydrogen-bond donors (Lipinski definition) is 0. The largest absolute Gasteiger partial charge is 0.242 e. The minimum atomic E-state index is 0.627. The number of thiophene rings is 1. The Morgan fingerprint density at radius 2 is 2.00 bits per heavy atom. The Morgan fingerprint density at radius 1 is 1.23 bits per heavy atom. The van der Waals surface area contributed by atoms with Crippen LogP contribution in [0.1, 0.15) is 50.4 Å². The predicted octanol–water partition coefficient (Wildman–Crippen LogP) is 5.99. The zero-order valence-electron chi connectivity index (χ0n) is 15.8. The van der Waals surface area contributed by atoms with Gasteiger partial charge in [-0.25, -0.2) is 15.0 Å². The molecule has 0 atom stereocenters. The lowest BCUT2D eigenvalue weighted by Crippen LogP contribution is -2.11. The second kappa shape index (κ2) is 7.28. The van der Waals surface area contributed by atoms with Gasteiger partial charge in [0.15, 0.2) is 0 Å². The van der Waals surface area contributed by atoms with Crippen molar-refractivity contribution < 1.29 is 0 Å². The van der Waals surface area contributed by atoms with Crippen LogP contribution in [-0.4, -0.2) is 20.7 Å². The number of pyridine rings is 1. The first-order chi connectivity index (χ1) is 12.5. The van der Waals surface area contributed by atoms with Crippen LogP contribution < -0.4 is 0 Å². The molecule has 0 radical (unpaired) electrons. The smallest absolute Gasteiger partial charge is 0.126 e. The van der Waals surface area contributed by atoms with Crippen molar-refractivity contribution in [1.82, 2.24) is 15.0 Å². The fraction of sp³-hybridized carbons (Fsp3) is 0.476. The number of nitrogens with zero attached hydrogens (tertiary/aromatic N) is 3. The number of aromatic nitrogens is 3. The van der Waals surface area contributed by atoms with Crippen molar-refractivity contribution in [3.63, 3.8) is 0 Å². The Labute approximate surface area is 163 Å². The van der Waals surface area contributed by atoms with E-state index in [2.05, 4.69) is 37.3 Å². The summed E-state index contributed by atoms with van der Waals surface area (Å²) in [6.45, 7) is 10.6. The van der Waals surface area contributed by atoms with Crippen LogP contribution in [0.2, 0.25) is 0 Å². The molecule has 5 heteroatoms. The summed E-state index contributed by atoms with van der Waals surface area (Å²) >= 11 is 3.52. The maximum Gasteiger partial charge on any atom is 0.126 e. The molecule has 1 aliphatic carbocycles. The SMILES string of the molecule is C=C(C)CSc1ncnc2c1sc1nc(CC(C)C)c3c(c12)CCCC3. The van der Waals surface area contributed by atoms with Gasteiger partial charge in [-0.2, -0.15) is 0 Å². The highest BCUT2D eigenvalue weighted by Gasteiger charge is 2.23. The van der Waals surface area contributed by atoms with Crippen LogP contribution in [0.15, 0.2) is 23.5 Å². The second-order valence-electron chi connectivity index (χ2n) is 7.71. The van der Waals surface area contributed by atoms with Crippen LogP contribution in [0.4, 0.5) is 0 Å². The number of hydrogen-bond acceptors (Lipinski definition) is 5. The summed E-state index contributed by atoms with van der Waals surface area (Å²) < 4.78 is 1.19. The van der Waals surface area contributed by atoms with Gasteiger partial charge in [0.1, 0.15) is 16.2 Å². The maximum absolute atomic E-state index is 5.13. The van der Waals surface area contributed by atoms with E-state index in [-0.39, 0.29) is 0 Å². The lowest BCUT2D eigenvalue weighted by atomic mass is 9.87. The number of rotatable bonds is 5. The average Bonchev–Trinajstić information content (AvgIpc) is 2.98. The molecule has 26 heavy (non-hydrogen) atoms. The third-order valence-electron chi connectivity index (χ3n) is 4.83. The van der Waals surface area contributed by atoms with Gasteiger partial charge in [0.05, 0.1) is 10.2 Å². The average molecular weight is 384 g/mol. The fourth-order valence-corrected chi connectivity index (χ4v) is 5.86. The molecular formula is C21H25N3S2. The number of aryl methyl sites for hydroxylation is 1. The molecule has 3 heterocycles. The summed E-state index contributed by atoms with van der Waals surface area (Å²) in [6, 6.07) is 0. The van der Waals surface area contributed by atoms with Crippen molar-refractivity contribution in [2.24, 2.45) is 5.92 Å². The summed E-state index contributed by atoms with van der Waals surface area (Å²) in [5.74, 6) is 1.52. The molecule has 4 rings (SSSR count). The fourth-order valence-electron chi connectivity index (χ4n) is 3.77. The quantitative estimate of drug-likeness (QED) is 0.308. The van der Waals surface area contributed by atoms with Crippen LogP contribution >= 0.6 is 23.1 Å². The summed E-state index contributed by atoms with van der Waals surface area (Å²) in [5.41, 5.74) is 6.60. The van der Waals surface area contributed by atoms with Crippen LogP contribution in [0.5, 0.6) is 0 Å². The zero-order valence-corrected chi connectivity index (χ0v) is 17.4. The van der Waals surface area contributed by atoms with E-state index in [0.29, 0.717) is 5.92 Å². The van der Waals surface area contributed by atoms with Gasteiger partial charge < -0.3 is 0 Å². The topological polar surface area (TPSA) is 38.7 Å². The normalized spacial score (nSPS) is 14.3. The highest BCUT2D eigenvalue weighted by molar-refractivity contribution is 7.99. The number of fused-ring (bicyclic) bond motifs is 5. The van der Waals surface area contributed by atoms with Crippen molar-refractivity contribution >= 4 is 43.5 Å². The molecule has 0 N–H and O–H groups in total. The van der Waals surface area contributed by atoms with Crippen molar-refractivity contribution in [2.45, 2.75) is 57.9 Å². The van der Waals surface area contributed by atoms with E-state index in [0.717, 1.165) is 39.5 Å². The Morgan fingerprint density at radius 3 is 2.73 bits per heavy atom. The van der Waals surface area contributed by atoms with Gasteiger partial charge in [-0.05, 0) is 56.1 Å². The highest BCUT2D eigenvalue weighted by atomic mass is 32.2. The van der Waals surface area contributed by atoms with E-state index >= 15 is 0 Å². The van der Waals surface area contributed by atoms with Crippen molar-refractivity contribution in [2.75, 3.05) is 5.75 Å². The first-order valence-electron chi connectivity index (χ1n) is 9.39. The van der Waals surface area contributed by atoms with E-state index in [4.69, 9.17) is 4.98 Å². The summed E-state index contributed by atoms with van der Waals surface area (Å²) in [5, 5.41) is 2.36. The third-order valence-corrected chi connectivity index (χ3v) is 7.26. The summed E-state index contributed by atoms with van der Waals surface area (Å²) in [4.78, 5) is 15.5. The molecule has 0 bridgehead atoms. The highest BCUT2D eigenvalue weighted by Crippen LogP contribution is 2.41. The van der Waals surface area contributed by atoms with Crippen LogP contribution in [-0.2, 0) is 19.3 Å². The van der Waals surface area contributed by atoms with Crippen molar-refractivity contribution in [3.05, 3.63) is 35.3 Å². The molecule has 0 fully saturated rings.